The Hall–Kier alpha value is -1.94. The molecule has 0 saturated carbocycles. The molecule has 1 aliphatic rings. The molecule has 4 nitrogen and oxygen atoms in total. The largest absolute Gasteiger partial charge is 0.493 e. The third-order valence-electron chi connectivity index (χ3n) is 2.81. The minimum absolute atomic E-state index is 0.803. The normalized spacial score (nSPS) is 12.8. The molecule has 0 spiro atoms. The molecule has 0 aliphatic carbocycles. The van der Waals surface area contributed by atoms with Crippen LogP contribution in [-0.4, -0.2) is 23.6 Å². The molecule has 1 aromatic heterocycles. The number of para-hydroxylation sites is 1. The molecule has 3 rings (SSSR count). The van der Waals surface area contributed by atoms with E-state index in [4.69, 9.17) is 4.74 Å². The Morgan fingerprint density at radius 1 is 1.17 bits per heavy atom. The van der Waals surface area contributed by atoms with Crippen LogP contribution >= 0.6 is 0 Å². The summed E-state index contributed by atoms with van der Waals surface area (Å²) in [6.45, 7) is 0.803. The lowest BCUT2D eigenvalue weighted by atomic mass is 9.99. The molecule has 2 N–H and O–H groups in total. The van der Waals surface area contributed by atoms with Crippen molar-refractivity contribution < 1.29 is 4.74 Å². The number of hydrogen-bond donors (Lipinski definition) is 1. The minimum atomic E-state index is 0.803. The van der Waals surface area contributed by atoms with E-state index < -0.39 is 0 Å². The second-order valence-corrected chi connectivity index (χ2v) is 3.87. The van der Waals surface area contributed by atoms with E-state index in [0.717, 1.165) is 36.3 Å². The van der Waals surface area contributed by atoms with Gasteiger partial charge >= 0.3 is 0 Å². The lowest BCUT2D eigenvalue weighted by molar-refractivity contribution is 0.289. The van der Waals surface area contributed by atoms with E-state index in [0.29, 0.717) is 0 Å². The number of rotatable bonds is 1. The standard InChI is InChI=1S/C13H12N2O.CH5N/c1-3-10-4-2-6-16-13(10)12(5-1)11-7-14-9-15-8-11;1-2/h1,3,5,7-9H,2,4,6H2;2H2,1H3. The first kappa shape index (κ1) is 12.5. The van der Waals surface area contributed by atoms with E-state index >= 15 is 0 Å². The molecule has 0 bridgehead atoms. The lowest BCUT2D eigenvalue weighted by Crippen LogP contribution is -2.09. The highest BCUT2D eigenvalue weighted by Gasteiger charge is 2.15. The predicted octanol–water partition coefficient (Wildman–Crippen LogP) is 2.04. The zero-order valence-electron chi connectivity index (χ0n) is 10.5. The number of nitrogens with two attached hydrogens (primary N) is 1. The quantitative estimate of drug-likeness (QED) is 0.832. The van der Waals surface area contributed by atoms with Crippen molar-refractivity contribution in [1.82, 2.24) is 9.97 Å². The van der Waals surface area contributed by atoms with Gasteiger partial charge in [-0.2, -0.15) is 0 Å². The molecule has 0 saturated heterocycles. The van der Waals surface area contributed by atoms with Crippen LogP contribution in [0.5, 0.6) is 5.75 Å². The van der Waals surface area contributed by atoms with Gasteiger partial charge in [0.2, 0.25) is 0 Å². The molecule has 4 heteroatoms. The summed E-state index contributed by atoms with van der Waals surface area (Å²) in [6.07, 6.45) is 7.37. The number of aromatic nitrogens is 2. The maximum Gasteiger partial charge on any atom is 0.130 e. The van der Waals surface area contributed by atoms with E-state index in [1.807, 2.05) is 12.4 Å². The Morgan fingerprint density at radius 3 is 2.72 bits per heavy atom. The molecule has 18 heavy (non-hydrogen) atoms. The molecular weight excluding hydrogens is 226 g/mol. The van der Waals surface area contributed by atoms with Crippen molar-refractivity contribution in [2.75, 3.05) is 13.7 Å². The Labute approximate surface area is 107 Å². The van der Waals surface area contributed by atoms with Crippen LogP contribution in [0.1, 0.15) is 12.0 Å². The Morgan fingerprint density at radius 2 is 1.94 bits per heavy atom. The molecule has 1 aromatic carbocycles. The van der Waals surface area contributed by atoms with Crippen LogP contribution in [0, 0.1) is 0 Å². The SMILES string of the molecule is CN.c1cc2c(c(-c3cncnc3)c1)OCCC2. The van der Waals surface area contributed by atoms with Crippen molar-refractivity contribution in [3.8, 4) is 16.9 Å². The highest BCUT2D eigenvalue weighted by molar-refractivity contribution is 5.71. The highest BCUT2D eigenvalue weighted by Crippen LogP contribution is 2.35. The van der Waals surface area contributed by atoms with Crippen LogP contribution in [0.25, 0.3) is 11.1 Å². The molecule has 94 valence electrons. The molecule has 0 unspecified atom stereocenters. The van der Waals surface area contributed by atoms with Crippen molar-refractivity contribution in [2.24, 2.45) is 5.73 Å². The molecule has 2 aromatic rings. The lowest BCUT2D eigenvalue weighted by Gasteiger charge is -2.20. The monoisotopic (exact) mass is 243 g/mol. The van der Waals surface area contributed by atoms with Crippen LogP contribution in [0.4, 0.5) is 0 Å². The van der Waals surface area contributed by atoms with E-state index in [2.05, 4.69) is 33.9 Å². The van der Waals surface area contributed by atoms with Gasteiger partial charge in [0.1, 0.15) is 12.1 Å². The number of aryl methyl sites for hydroxylation is 1. The van der Waals surface area contributed by atoms with Crippen molar-refractivity contribution in [3.05, 3.63) is 42.5 Å². The highest BCUT2D eigenvalue weighted by atomic mass is 16.5. The predicted molar refractivity (Wildman–Crippen MR) is 71.4 cm³/mol. The molecule has 0 amide bonds. The van der Waals surface area contributed by atoms with Crippen LogP contribution in [0.15, 0.2) is 36.9 Å². The fourth-order valence-electron chi connectivity index (χ4n) is 2.05. The number of nitrogens with zero attached hydrogens (tertiary/aromatic N) is 2. The Kier molecular flexibility index (Phi) is 4.25. The summed E-state index contributed by atoms with van der Waals surface area (Å²) in [6, 6.07) is 6.25. The van der Waals surface area contributed by atoms with E-state index in [9.17, 15) is 0 Å². The molecule has 0 fully saturated rings. The third kappa shape index (κ3) is 2.49. The summed E-state index contributed by atoms with van der Waals surface area (Å²) in [5, 5.41) is 0. The second kappa shape index (κ2) is 6.12. The van der Waals surface area contributed by atoms with Gasteiger partial charge in [-0.3, -0.25) is 0 Å². The van der Waals surface area contributed by atoms with Gasteiger partial charge < -0.3 is 10.5 Å². The first-order chi connectivity index (χ1) is 8.95. The number of ether oxygens (including phenoxy) is 1. The fourth-order valence-corrected chi connectivity index (χ4v) is 2.05. The molecule has 0 radical (unpaired) electrons. The van der Waals surface area contributed by atoms with Gasteiger partial charge in [-0.15, -0.1) is 0 Å². The number of benzene rings is 1. The van der Waals surface area contributed by atoms with Crippen molar-refractivity contribution in [2.45, 2.75) is 12.8 Å². The van der Waals surface area contributed by atoms with Gasteiger partial charge in [0.05, 0.1) is 6.61 Å². The van der Waals surface area contributed by atoms with Gasteiger partial charge in [-0.1, -0.05) is 18.2 Å². The number of hydrogen-bond acceptors (Lipinski definition) is 4. The molecule has 0 atom stereocenters. The summed E-state index contributed by atoms with van der Waals surface area (Å²) < 4.78 is 5.75. The summed E-state index contributed by atoms with van der Waals surface area (Å²) in [5.74, 6) is 1.00. The van der Waals surface area contributed by atoms with Crippen LogP contribution < -0.4 is 10.5 Å². The smallest absolute Gasteiger partial charge is 0.130 e. The summed E-state index contributed by atoms with van der Waals surface area (Å²) >= 11 is 0. The average molecular weight is 243 g/mol. The molecule has 2 heterocycles. The average Bonchev–Trinajstić information content (AvgIpc) is 2.50. The van der Waals surface area contributed by atoms with Crippen LogP contribution in [0.2, 0.25) is 0 Å². The van der Waals surface area contributed by atoms with Crippen LogP contribution in [-0.2, 0) is 6.42 Å². The van der Waals surface area contributed by atoms with E-state index in [1.54, 1.807) is 6.33 Å². The first-order valence-electron chi connectivity index (χ1n) is 6.03. The van der Waals surface area contributed by atoms with Gasteiger partial charge in [-0.05, 0) is 25.5 Å². The topological polar surface area (TPSA) is 61.0 Å². The fraction of sp³-hybridized carbons (Fsp3) is 0.286. The Bertz CT molecular complexity index is 500. The van der Waals surface area contributed by atoms with Gasteiger partial charge in [0, 0.05) is 23.5 Å². The van der Waals surface area contributed by atoms with Gasteiger partial charge in [0.25, 0.3) is 0 Å². The molecular formula is C14H17N3O. The van der Waals surface area contributed by atoms with E-state index in [1.165, 1.54) is 12.6 Å². The van der Waals surface area contributed by atoms with Gasteiger partial charge in [0.15, 0.2) is 0 Å². The van der Waals surface area contributed by atoms with Crippen molar-refractivity contribution >= 4 is 0 Å². The third-order valence-corrected chi connectivity index (χ3v) is 2.81. The zero-order chi connectivity index (χ0) is 12.8. The maximum atomic E-state index is 5.75. The summed E-state index contributed by atoms with van der Waals surface area (Å²) in [5.41, 5.74) is 7.90. The zero-order valence-corrected chi connectivity index (χ0v) is 10.5. The maximum absolute atomic E-state index is 5.75. The number of fused-ring (bicyclic) bond motifs is 1. The van der Waals surface area contributed by atoms with Crippen molar-refractivity contribution in [3.63, 3.8) is 0 Å². The van der Waals surface area contributed by atoms with E-state index in [-0.39, 0.29) is 0 Å². The second-order valence-electron chi connectivity index (χ2n) is 3.87. The van der Waals surface area contributed by atoms with Crippen molar-refractivity contribution in [1.29, 1.82) is 0 Å². The van der Waals surface area contributed by atoms with Gasteiger partial charge in [-0.25, -0.2) is 9.97 Å². The first-order valence-corrected chi connectivity index (χ1v) is 6.03. The molecule has 1 aliphatic heterocycles. The van der Waals surface area contributed by atoms with Crippen LogP contribution in [0.3, 0.4) is 0 Å². The Balaban J connectivity index is 0.000000574. The summed E-state index contributed by atoms with van der Waals surface area (Å²) in [4.78, 5) is 8.09. The minimum Gasteiger partial charge on any atom is -0.493 e. The summed E-state index contributed by atoms with van der Waals surface area (Å²) in [7, 11) is 1.50.